The molecule has 2 aromatic carbocycles. The first kappa shape index (κ1) is 17.8. The number of methoxy groups -OCH3 is 1. The van der Waals surface area contributed by atoms with Crippen molar-refractivity contribution in [3.63, 3.8) is 0 Å². The SMILES string of the molecule is COc1cc(CNC(=O)C2(C(=O)O)CC2)ccc1OCc1ccccc1. The summed E-state index contributed by atoms with van der Waals surface area (Å²) in [6.45, 7) is 0.664. The van der Waals surface area contributed by atoms with Crippen LogP contribution in [0, 0.1) is 5.41 Å². The number of benzene rings is 2. The lowest BCUT2D eigenvalue weighted by Crippen LogP contribution is -2.36. The van der Waals surface area contributed by atoms with E-state index in [9.17, 15) is 9.59 Å². The van der Waals surface area contributed by atoms with Crippen LogP contribution in [0.1, 0.15) is 24.0 Å². The maximum Gasteiger partial charge on any atom is 0.319 e. The molecule has 1 aliphatic rings. The molecule has 6 nitrogen and oxygen atoms in total. The average molecular weight is 355 g/mol. The molecule has 1 amide bonds. The number of carboxylic acids is 1. The third-order valence-corrected chi connectivity index (χ3v) is 4.51. The van der Waals surface area contributed by atoms with Crippen molar-refractivity contribution in [1.29, 1.82) is 0 Å². The number of carbonyl (C=O) groups is 2. The highest BCUT2D eigenvalue weighted by Gasteiger charge is 2.56. The molecule has 1 saturated carbocycles. The van der Waals surface area contributed by atoms with Crippen LogP contribution in [-0.4, -0.2) is 24.1 Å². The van der Waals surface area contributed by atoms with E-state index in [-0.39, 0.29) is 6.54 Å². The number of hydrogen-bond acceptors (Lipinski definition) is 4. The molecule has 0 spiro atoms. The zero-order chi connectivity index (χ0) is 18.6. The van der Waals surface area contributed by atoms with E-state index in [1.165, 1.54) is 0 Å². The Morgan fingerprint density at radius 2 is 1.81 bits per heavy atom. The van der Waals surface area contributed by atoms with Gasteiger partial charge in [-0.1, -0.05) is 36.4 Å². The van der Waals surface area contributed by atoms with Gasteiger partial charge in [0.05, 0.1) is 7.11 Å². The summed E-state index contributed by atoms with van der Waals surface area (Å²) in [5, 5.41) is 11.8. The topological polar surface area (TPSA) is 84.9 Å². The number of nitrogens with one attached hydrogen (secondary N) is 1. The lowest BCUT2D eigenvalue weighted by Gasteiger charge is -2.14. The van der Waals surface area contributed by atoms with Crippen molar-refractivity contribution in [2.75, 3.05) is 7.11 Å². The van der Waals surface area contributed by atoms with E-state index in [2.05, 4.69) is 5.32 Å². The van der Waals surface area contributed by atoms with Crippen molar-refractivity contribution in [3.05, 3.63) is 59.7 Å². The minimum Gasteiger partial charge on any atom is -0.493 e. The second-order valence-corrected chi connectivity index (χ2v) is 6.33. The zero-order valence-electron chi connectivity index (χ0n) is 14.5. The smallest absolute Gasteiger partial charge is 0.319 e. The maximum absolute atomic E-state index is 12.1. The van der Waals surface area contributed by atoms with Gasteiger partial charge >= 0.3 is 5.97 Å². The Morgan fingerprint density at radius 1 is 1.08 bits per heavy atom. The quantitative estimate of drug-likeness (QED) is 0.711. The molecule has 2 aromatic rings. The molecule has 3 rings (SSSR count). The monoisotopic (exact) mass is 355 g/mol. The summed E-state index contributed by atoms with van der Waals surface area (Å²) in [7, 11) is 1.55. The fraction of sp³-hybridized carbons (Fsp3) is 0.300. The first-order valence-corrected chi connectivity index (χ1v) is 8.40. The van der Waals surface area contributed by atoms with E-state index < -0.39 is 17.3 Å². The van der Waals surface area contributed by atoms with Crippen LogP contribution in [0.15, 0.2) is 48.5 Å². The largest absolute Gasteiger partial charge is 0.493 e. The third kappa shape index (κ3) is 3.79. The summed E-state index contributed by atoms with van der Waals surface area (Å²) in [4.78, 5) is 23.2. The number of hydrogen-bond donors (Lipinski definition) is 2. The molecular weight excluding hydrogens is 334 g/mol. The highest BCUT2D eigenvalue weighted by atomic mass is 16.5. The molecule has 26 heavy (non-hydrogen) atoms. The van der Waals surface area contributed by atoms with Crippen molar-refractivity contribution in [2.24, 2.45) is 5.41 Å². The number of aliphatic carboxylic acids is 1. The molecule has 1 aliphatic carbocycles. The fourth-order valence-electron chi connectivity index (χ4n) is 2.69. The number of rotatable bonds is 8. The maximum atomic E-state index is 12.1. The van der Waals surface area contributed by atoms with Crippen molar-refractivity contribution in [1.82, 2.24) is 5.32 Å². The molecule has 0 atom stereocenters. The Kier molecular flexibility index (Phi) is 5.11. The lowest BCUT2D eigenvalue weighted by atomic mass is 10.1. The summed E-state index contributed by atoms with van der Waals surface area (Å²) >= 11 is 0. The second kappa shape index (κ2) is 7.47. The average Bonchev–Trinajstić information content (AvgIpc) is 3.47. The highest BCUT2D eigenvalue weighted by molar-refractivity contribution is 6.04. The van der Waals surface area contributed by atoms with Crippen LogP contribution in [0.2, 0.25) is 0 Å². The molecule has 0 saturated heterocycles. The number of carboxylic acid groups (broad SMARTS) is 1. The van der Waals surface area contributed by atoms with Crippen LogP contribution in [0.25, 0.3) is 0 Å². The summed E-state index contributed by atoms with van der Waals surface area (Å²) in [6.07, 6.45) is 0.785. The van der Waals surface area contributed by atoms with Crippen molar-refractivity contribution >= 4 is 11.9 Å². The highest BCUT2D eigenvalue weighted by Crippen LogP contribution is 2.46. The Labute approximate surface area is 151 Å². The minimum atomic E-state index is -1.23. The van der Waals surface area contributed by atoms with Gasteiger partial charge in [-0.05, 0) is 36.1 Å². The van der Waals surface area contributed by atoms with Gasteiger partial charge < -0.3 is 19.9 Å². The first-order valence-electron chi connectivity index (χ1n) is 8.40. The van der Waals surface area contributed by atoms with Gasteiger partial charge in [0.15, 0.2) is 11.5 Å². The van der Waals surface area contributed by atoms with E-state index in [0.29, 0.717) is 30.9 Å². The molecular formula is C20H21NO5. The molecule has 0 aliphatic heterocycles. The molecule has 0 aromatic heterocycles. The summed E-state index contributed by atoms with van der Waals surface area (Å²) < 4.78 is 11.2. The Morgan fingerprint density at radius 3 is 2.42 bits per heavy atom. The zero-order valence-corrected chi connectivity index (χ0v) is 14.5. The van der Waals surface area contributed by atoms with Crippen molar-refractivity contribution in [3.8, 4) is 11.5 Å². The summed E-state index contributed by atoms with van der Waals surface area (Å²) in [6, 6.07) is 15.2. The van der Waals surface area contributed by atoms with E-state index in [1.54, 1.807) is 19.2 Å². The van der Waals surface area contributed by atoms with Gasteiger partial charge in [-0.2, -0.15) is 0 Å². The molecule has 0 radical (unpaired) electrons. The standard InChI is InChI=1S/C20H21NO5/c1-25-17-11-15(12-21-18(22)20(9-10-20)19(23)24)7-8-16(17)26-13-14-5-3-2-4-6-14/h2-8,11H,9-10,12-13H2,1H3,(H,21,22)(H,23,24). The van der Waals surface area contributed by atoms with Crippen LogP contribution in [0.3, 0.4) is 0 Å². The molecule has 2 N–H and O–H groups in total. The molecule has 0 bridgehead atoms. The lowest BCUT2D eigenvalue weighted by molar-refractivity contribution is -0.149. The normalized spacial score (nSPS) is 14.3. The number of carbonyl (C=O) groups excluding carboxylic acids is 1. The molecule has 6 heteroatoms. The van der Waals surface area contributed by atoms with Crippen molar-refractivity contribution in [2.45, 2.75) is 26.0 Å². The summed E-state index contributed by atoms with van der Waals surface area (Å²) in [5.74, 6) is -0.326. The van der Waals surface area contributed by atoms with Gasteiger partial charge in [0.2, 0.25) is 5.91 Å². The predicted molar refractivity (Wildman–Crippen MR) is 94.9 cm³/mol. The number of amides is 1. The van der Waals surface area contributed by atoms with Gasteiger partial charge in [0.1, 0.15) is 12.0 Å². The Balaban J connectivity index is 1.61. The van der Waals surface area contributed by atoms with Crippen LogP contribution < -0.4 is 14.8 Å². The Bertz CT molecular complexity index is 799. The summed E-state index contributed by atoms with van der Waals surface area (Å²) in [5.41, 5.74) is 0.626. The van der Waals surface area contributed by atoms with Gasteiger partial charge in [-0.3, -0.25) is 9.59 Å². The fourth-order valence-corrected chi connectivity index (χ4v) is 2.69. The van der Waals surface area contributed by atoms with E-state index in [4.69, 9.17) is 14.6 Å². The first-order chi connectivity index (χ1) is 12.5. The van der Waals surface area contributed by atoms with Gasteiger partial charge in [-0.25, -0.2) is 0 Å². The minimum absolute atomic E-state index is 0.239. The van der Waals surface area contributed by atoms with E-state index >= 15 is 0 Å². The molecule has 136 valence electrons. The third-order valence-electron chi connectivity index (χ3n) is 4.51. The second-order valence-electron chi connectivity index (χ2n) is 6.33. The van der Waals surface area contributed by atoms with Crippen LogP contribution >= 0.6 is 0 Å². The van der Waals surface area contributed by atoms with Gasteiger partial charge in [0.25, 0.3) is 0 Å². The molecule has 0 unspecified atom stereocenters. The van der Waals surface area contributed by atoms with E-state index in [0.717, 1.165) is 11.1 Å². The number of ether oxygens (including phenoxy) is 2. The van der Waals surface area contributed by atoms with Crippen LogP contribution in [-0.2, 0) is 22.7 Å². The van der Waals surface area contributed by atoms with E-state index in [1.807, 2.05) is 36.4 Å². The van der Waals surface area contributed by atoms with Gasteiger partial charge in [0, 0.05) is 6.54 Å². The Hall–Kier alpha value is -3.02. The predicted octanol–water partition coefficient (Wildman–Crippen LogP) is 2.76. The van der Waals surface area contributed by atoms with Gasteiger partial charge in [-0.15, -0.1) is 0 Å². The van der Waals surface area contributed by atoms with Crippen LogP contribution in [0.4, 0.5) is 0 Å². The molecule has 0 heterocycles. The molecule has 1 fully saturated rings. The van der Waals surface area contributed by atoms with Crippen LogP contribution in [0.5, 0.6) is 11.5 Å². The van der Waals surface area contributed by atoms with Crippen molar-refractivity contribution < 1.29 is 24.2 Å².